The molecule has 8 spiro atoms. The van der Waals surface area contributed by atoms with Gasteiger partial charge in [-0.1, -0.05) is 106 Å². The molecule has 8 nitrogen and oxygen atoms in total. The first-order valence-electron chi connectivity index (χ1n) is 37.3. The van der Waals surface area contributed by atoms with Gasteiger partial charge in [-0.2, -0.15) is 0 Å². The number of ether oxygens (including phenoxy) is 2. The zero-order chi connectivity index (χ0) is 57.8. The Morgan fingerprint density at radius 1 is 0.736 bits per heavy atom. The summed E-state index contributed by atoms with van der Waals surface area (Å²) < 4.78 is 15.3. The van der Waals surface area contributed by atoms with Gasteiger partial charge in [-0.05, 0) is 253 Å². The SMILES string of the molecule is CC1CC2=C3C4C5=C6C(C=CC(C7CCCC8(CCCC89CCCC9)C7)CC7C68C(=O)OC(=C(O)CC6C9CC%10(CCCC%10)C%10(CCCC%10%11CCCC%11C#CCC%10C%11CC(CN%106)C(CC2)N3C%11)C9)C8(CC5)C72OC(=O)c3c(CCCN)cccc32)CC14. The van der Waals surface area contributed by atoms with E-state index < -0.39 is 16.4 Å². The molecule has 8 saturated carbocycles. The van der Waals surface area contributed by atoms with Crippen molar-refractivity contribution in [1.82, 2.24) is 9.80 Å². The van der Waals surface area contributed by atoms with Crippen LogP contribution in [-0.2, 0) is 26.3 Å². The largest absolute Gasteiger partial charge is 0.509 e. The van der Waals surface area contributed by atoms with Crippen molar-refractivity contribution < 1.29 is 24.2 Å². The van der Waals surface area contributed by atoms with Crippen molar-refractivity contribution in [2.75, 3.05) is 19.6 Å². The number of benzene rings is 1. The number of aliphatic hydroxyl groups excluding tert-OH is 1. The van der Waals surface area contributed by atoms with E-state index in [1.807, 2.05) is 0 Å². The quantitative estimate of drug-likeness (QED) is 0.175. The molecule has 20 unspecified atom stereocenters. The van der Waals surface area contributed by atoms with Crippen molar-refractivity contribution in [2.24, 2.45) is 109 Å². The molecule has 20 rings (SSSR count). The van der Waals surface area contributed by atoms with E-state index in [4.69, 9.17) is 15.2 Å². The van der Waals surface area contributed by atoms with Gasteiger partial charge < -0.3 is 25.2 Å². The molecule has 7 heterocycles. The second kappa shape index (κ2) is 18.3. The minimum Gasteiger partial charge on any atom is -0.509 e. The third kappa shape index (κ3) is 6.24. The van der Waals surface area contributed by atoms with Crippen LogP contribution in [0.2, 0.25) is 0 Å². The Morgan fingerprint density at radius 2 is 1.52 bits per heavy atom. The van der Waals surface area contributed by atoms with E-state index in [1.165, 1.54) is 179 Å². The molecule has 87 heavy (non-hydrogen) atoms. The van der Waals surface area contributed by atoms with Crippen molar-refractivity contribution in [2.45, 2.75) is 255 Å². The Kier molecular flexibility index (Phi) is 11.3. The van der Waals surface area contributed by atoms with E-state index in [0.717, 1.165) is 61.9 Å². The van der Waals surface area contributed by atoms with Gasteiger partial charge in [0.05, 0.1) is 11.0 Å². The summed E-state index contributed by atoms with van der Waals surface area (Å²) in [5.41, 5.74) is 13.9. The minimum absolute atomic E-state index is 0.0830. The zero-order valence-electron chi connectivity index (χ0n) is 52.9. The number of esters is 2. The van der Waals surface area contributed by atoms with Crippen molar-refractivity contribution in [3.05, 3.63) is 81.0 Å². The van der Waals surface area contributed by atoms with Gasteiger partial charge in [0.1, 0.15) is 11.2 Å². The fourth-order valence-electron chi connectivity index (χ4n) is 30.8. The van der Waals surface area contributed by atoms with E-state index in [2.05, 4.69) is 58.9 Å². The maximum atomic E-state index is 17.2. The molecule has 1 aromatic rings. The average Bonchev–Trinajstić information content (AvgIpc) is 1.56. The molecular weight excluding hydrogens is 1070 g/mol. The Bertz CT molecular complexity index is 3370. The first kappa shape index (κ1) is 53.8. The summed E-state index contributed by atoms with van der Waals surface area (Å²) in [5.74, 6) is 12.7. The summed E-state index contributed by atoms with van der Waals surface area (Å²) in [6, 6.07) is 7.53. The van der Waals surface area contributed by atoms with Crippen LogP contribution < -0.4 is 5.73 Å². The van der Waals surface area contributed by atoms with E-state index >= 15 is 9.59 Å². The second-order valence-electron chi connectivity index (χ2n) is 34.9. The maximum absolute atomic E-state index is 17.2. The molecule has 19 aliphatic rings. The summed E-state index contributed by atoms with van der Waals surface area (Å²) in [7, 11) is 0. The molecule has 8 heteroatoms. The van der Waals surface area contributed by atoms with Crippen LogP contribution in [0.5, 0.6) is 0 Å². The van der Waals surface area contributed by atoms with E-state index in [-0.39, 0.29) is 47.1 Å². The molecule has 0 radical (unpaired) electrons. The first-order chi connectivity index (χ1) is 42.5. The fraction of sp³-hybridized carbons (Fsp3) is 0.772. The molecule has 1 aromatic carbocycles. The molecule has 3 N–H and O–H groups in total. The van der Waals surface area contributed by atoms with E-state index in [0.29, 0.717) is 112 Å². The van der Waals surface area contributed by atoms with Gasteiger partial charge in [0, 0.05) is 73.1 Å². The second-order valence-corrected chi connectivity index (χ2v) is 34.9. The van der Waals surface area contributed by atoms with Gasteiger partial charge in [0.25, 0.3) is 0 Å². The summed E-state index contributed by atoms with van der Waals surface area (Å²) in [6.07, 6.45) is 47.5. The molecule has 462 valence electrons. The number of aliphatic hydroxyl groups is 1. The molecular formula is C79H101N3O5. The lowest BCUT2D eigenvalue weighted by Gasteiger charge is -2.73. The van der Waals surface area contributed by atoms with Crippen LogP contribution in [0.25, 0.3) is 0 Å². The Balaban J connectivity index is 0.836. The molecule has 3 saturated heterocycles. The van der Waals surface area contributed by atoms with Crippen LogP contribution in [0.3, 0.4) is 0 Å². The van der Waals surface area contributed by atoms with Crippen LogP contribution in [0.1, 0.15) is 247 Å². The number of carbonyl (C=O) groups excluding carboxylic acids is 2. The molecule has 0 amide bonds. The highest BCUT2D eigenvalue weighted by atomic mass is 16.6. The Hall–Kier alpha value is -3.80. The van der Waals surface area contributed by atoms with Gasteiger partial charge in [-0.15, -0.1) is 5.92 Å². The predicted octanol–water partition coefficient (Wildman–Crippen LogP) is 15.9. The van der Waals surface area contributed by atoms with Crippen molar-refractivity contribution in [3.8, 4) is 11.8 Å². The van der Waals surface area contributed by atoms with Crippen molar-refractivity contribution in [1.29, 1.82) is 0 Å². The van der Waals surface area contributed by atoms with Gasteiger partial charge in [-0.25, -0.2) is 4.79 Å². The fourth-order valence-corrected chi connectivity index (χ4v) is 30.8. The number of rotatable bonds is 4. The Morgan fingerprint density at radius 3 is 2.39 bits per heavy atom. The summed E-state index contributed by atoms with van der Waals surface area (Å²) in [6.45, 7) is 5.35. The number of nitrogens with two attached hydrogens (primary N) is 1. The number of hydrogen-bond donors (Lipinski definition) is 2. The Labute approximate surface area is 519 Å². The molecule has 10 bridgehead atoms. The van der Waals surface area contributed by atoms with Crippen LogP contribution >= 0.6 is 0 Å². The topological polar surface area (TPSA) is 105 Å². The zero-order valence-corrected chi connectivity index (χ0v) is 52.9. The third-order valence-corrected chi connectivity index (χ3v) is 33.1. The van der Waals surface area contributed by atoms with Crippen LogP contribution in [0, 0.1) is 115 Å². The number of aryl methyl sites for hydroxylation is 1. The maximum Gasteiger partial charge on any atom is 0.339 e. The van der Waals surface area contributed by atoms with Gasteiger partial charge in [0.15, 0.2) is 11.4 Å². The van der Waals surface area contributed by atoms with Gasteiger partial charge in [-0.3, -0.25) is 9.69 Å². The predicted molar refractivity (Wildman–Crippen MR) is 336 cm³/mol. The number of piperidine rings is 2. The highest BCUT2D eigenvalue weighted by Gasteiger charge is 2.94. The molecule has 0 aromatic heterocycles. The van der Waals surface area contributed by atoms with Crippen molar-refractivity contribution in [3.63, 3.8) is 0 Å². The normalized spacial score (nSPS) is 49.2. The molecule has 12 aliphatic carbocycles. The molecule has 20 atom stereocenters. The van der Waals surface area contributed by atoms with Crippen LogP contribution in [0.15, 0.2) is 64.3 Å². The van der Waals surface area contributed by atoms with E-state index in [9.17, 15) is 5.11 Å². The number of nitrogens with zero attached hydrogens (tertiary/aromatic N) is 2. The van der Waals surface area contributed by atoms with Crippen LogP contribution in [-0.4, -0.2) is 64.6 Å². The lowest BCUT2D eigenvalue weighted by molar-refractivity contribution is -0.282. The average molecular weight is 1170 g/mol. The molecule has 7 aliphatic heterocycles. The lowest BCUT2D eigenvalue weighted by atomic mass is 9.27. The minimum atomic E-state index is -1.18. The monoisotopic (exact) mass is 1170 g/mol. The summed E-state index contributed by atoms with van der Waals surface area (Å²) in [5, 5.41) is 14.5. The van der Waals surface area contributed by atoms with Crippen LogP contribution in [0.4, 0.5) is 0 Å². The number of carbonyl (C=O) groups is 2. The van der Waals surface area contributed by atoms with Gasteiger partial charge >= 0.3 is 11.9 Å². The highest BCUT2D eigenvalue weighted by molar-refractivity contribution is 6.00. The number of allylic oxidation sites excluding steroid dienone is 4. The van der Waals surface area contributed by atoms with Crippen molar-refractivity contribution >= 4 is 11.9 Å². The van der Waals surface area contributed by atoms with E-state index in [1.54, 1.807) is 16.8 Å². The molecule has 11 fully saturated rings. The standard InChI is InChI=1S/C79H101N3O5/c1-47-37-51-22-23-61-53-38-54-46-82(61)68(51)66-57-24-35-77-69(63(83)41-62-55-43-74(27-4-5-28-74)76(44-55)34-12-33-75(76)32-9-17-56(75)16-7-19-60(54)81(62)45-53)86-71(85)78(77)64(79(77)59-18-6-13-48(15-10-36-80)65(59)70(84)87-79)40-49(20-21-50(67(57)78)39-58(47)66)52-14-8-29-73(42-52)31-11-30-72(73)25-2-3-26-72/h6,13,18,20-21,47,49-50,52-56,58,60-62,64,66,83H,2-5,8-12,14-15,17,19,22-46,80H2,1H3. The first-order valence-corrected chi connectivity index (χ1v) is 37.3. The number of fused-ring (bicyclic) bond motifs is 9. The summed E-state index contributed by atoms with van der Waals surface area (Å²) in [4.78, 5) is 39.2. The number of hydrogen-bond acceptors (Lipinski definition) is 8. The van der Waals surface area contributed by atoms with Gasteiger partial charge in [0.2, 0.25) is 0 Å². The third-order valence-electron chi connectivity index (χ3n) is 33.1. The highest BCUT2D eigenvalue weighted by Crippen LogP contribution is 2.89. The lowest BCUT2D eigenvalue weighted by Crippen LogP contribution is -2.78. The summed E-state index contributed by atoms with van der Waals surface area (Å²) >= 11 is 0. The smallest absolute Gasteiger partial charge is 0.339 e.